The second-order valence-corrected chi connectivity index (χ2v) is 5.27. The van der Waals surface area contributed by atoms with E-state index in [2.05, 4.69) is 4.90 Å². The predicted molar refractivity (Wildman–Crippen MR) is 86.3 cm³/mol. The number of hydrogen-bond donors (Lipinski definition) is 1. The second-order valence-electron chi connectivity index (χ2n) is 5.27. The van der Waals surface area contributed by atoms with Crippen LogP contribution in [-0.4, -0.2) is 80.9 Å². The van der Waals surface area contributed by atoms with Crippen LogP contribution in [0, 0.1) is 0 Å². The van der Waals surface area contributed by atoms with Crippen molar-refractivity contribution >= 4 is 30.7 Å². The minimum atomic E-state index is -0.528. The van der Waals surface area contributed by atoms with Crippen molar-refractivity contribution in [2.75, 3.05) is 53.1 Å². The first-order chi connectivity index (χ1) is 9.22. The molecule has 0 aliphatic carbocycles. The molecule has 0 spiro atoms. The van der Waals surface area contributed by atoms with Crippen molar-refractivity contribution in [2.45, 2.75) is 24.9 Å². The Bertz CT molecular complexity index is 296. The van der Waals surface area contributed by atoms with Gasteiger partial charge in [-0.2, -0.15) is 0 Å². The van der Waals surface area contributed by atoms with Crippen LogP contribution in [0.5, 0.6) is 0 Å². The third-order valence-corrected chi connectivity index (χ3v) is 4.00. The van der Waals surface area contributed by atoms with Crippen molar-refractivity contribution in [3.63, 3.8) is 0 Å². The number of amides is 1. The fourth-order valence-corrected chi connectivity index (χ4v) is 2.84. The lowest BCUT2D eigenvalue weighted by Crippen LogP contribution is -2.56. The van der Waals surface area contributed by atoms with Gasteiger partial charge in [-0.25, -0.2) is 0 Å². The molecule has 2 heterocycles. The molecule has 2 aliphatic heterocycles. The molecular formula is C13H27Cl2N3O3. The zero-order valence-electron chi connectivity index (χ0n) is 12.5. The van der Waals surface area contributed by atoms with Crippen molar-refractivity contribution in [3.8, 4) is 0 Å². The predicted octanol–water partition coefficient (Wildman–Crippen LogP) is 0.127. The first-order valence-corrected chi connectivity index (χ1v) is 7.07. The molecule has 0 aromatic rings. The summed E-state index contributed by atoms with van der Waals surface area (Å²) in [4.78, 5) is 16.4. The summed E-state index contributed by atoms with van der Waals surface area (Å²) in [5.41, 5.74) is 5.79. The molecule has 0 radical (unpaired) electrons. The summed E-state index contributed by atoms with van der Waals surface area (Å²) >= 11 is 0. The van der Waals surface area contributed by atoms with E-state index >= 15 is 0 Å². The summed E-state index contributed by atoms with van der Waals surface area (Å²) in [5, 5.41) is 0. The van der Waals surface area contributed by atoms with Gasteiger partial charge >= 0.3 is 0 Å². The molecular weight excluding hydrogens is 317 g/mol. The average molecular weight is 344 g/mol. The fraction of sp³-hybridized carbons (Fsp3) is 0.923. The standard InChI is InChI=1S/C13H25N3O3.2ClH/c1-18-10-12(14)13(17)16-6-4-15(5-7-16)11-2-8-19-9-3-11;;/h11-12H,2-10,14H2,1H3;2*1H. The molecule has 1 unspecified atom stereocenters. The summed E-state index contributed by atoms with van der Waals surface area (Å²) in [6, 6.07) is 0.0956. The number of ether oxygens (including phenoxy) is 2. The maximum absolute atomic E-state index is 12.1. The van der Waals surface area contributed by atoms with Gasteiger partial charge in [-0.3, -0.25) is 9.69 Å². The van der Waals surface area contributed by atoms with E-state index < -0.39 is 6.04 Å². The first kappa shape index (κ1) is 20.9. The van der Waals surface area contributed by atoms with Gasteiger partial charge in [-0.15, -0.1) is 24.8 Å². The topological polar surface area (TPSA) is 68.0 Å². The normalized spacial score (nSPS) is 22.1. The summed E-state index contributed by atoms with van der Waals surface area (Å²) in [6.07, 6.45) is 2.22. The molecule has 21 heavy (non-hydrogen) atoms. The Morgan fingerprint density at radius 1 is 1.24 bits per heavy atom. The van der Waals surface area contributed by atoms with Crippen LogP contribution < -0.4 is 5.73 Å². The third kappa shape index (κ3) is 5.88. The molecule has 2 fully saturated rings. The average Bonchev–Trinajstić information content (AvgIpc) is 2.48. The van der Waals surface area contributed by atoms with E-state index in [1.807, 2.05) is 4.90 Å². The minimum absolute atomic E-state index is 0. The monoisotopic (exact) mass is 343 g/mol. The van der Waals surface area contributed by atoms with E-state index in [1.54, 1.807) is 7.11 Å². The minimum Gasteiger partial charge on any atom is -0.383 e. The van der Waals surface area contributed by atoms with E-state index in [9.17, 15) is 4.79 Å². The van der Waals surface area contributed by atoms with Gasteiger partial charge in [0.1, 0.15) is 6.04 Å². The smallest absolute Gasteiger partial charge is 0.241 e. The molecule has 2 saturated heterocycles. The first-order valence-electron chi connectivity index (χ1n) is 7.07. The van der Waals surface area contributed by atoms with Crippen LogP contribution in [0.15, 0.2) is 0 Å². The lowest BCUT2D eigenvalue weighted by molar-refractivity contribution is -0.136. The highest BCUT2D eigenvalue weighted by molar-refractivity contribution is 5.85. The summed E-state index contributed by atoms with van der Waals surface area (Å²) < 4.78 is 10.3. The second kappa shape index (κ2) is 10.6. The van der Waals surface area contributed by atoms with Crippen molar-refractivity contribution < 1.29 is 14.3 Å². The zero-order valence-corrected chi connectivity index (χ0v) is 14.2. The lowest BCUT2D eigenvalue weighted by Gasteiger charge is -2.41. The van der Waals surface area contributed by atoms with Gasteiger partial charge in [-0.05, 0) is 12.8 Å². The van der Waals surface area contributed by atoms with Gasteiger partial charge in [0.15, 0.2) is 0 Å². The Morgan fingerprint density at radius 3 is 2.33 bits per heavy atom. The van der Waals surface area contributed by atoms with E-state index in [0.29, 0.717) is 12.6 Å². The molecule has 0 saturated carbocycles. The highest BCUT2D eigenvalue weighted by Gasteiger charge is 2.29. The molecule has 6 nitrogen and oxygen atoms in total. The van der Waals surface area contributed by atoms with Gasteiger partial charge in [0.2, 0.25) is 5.91 Å². The maximum atomic E-state index is 12.1. The van der Waals surface area contributed by atoms with Crippen molar-refractivity contribution in [1.29, 1.82) is 0 Å². The molecule has 1 amide bonds. The van der Waals surface area contributed by atoms with Gasteiger partial charge in [-0.1, -0.05) is 0 Å². The van der Waals surface area contributed by atoms with Crippen LogP contribution in [0.4, 0.5) is 0 Å². The number of rotatable bonds is 4. The molecule has 0 aromatic carbocycles. The SMILES string of the molecule is COCC(N)C(=O)N1CCN(C2CCOCC2)CC1.Cl.Cl. The largest absolute Gasteiger partial charge is 0.383 e. The number of hydrogen-bond acceptors (Lipinski definition) is 5. The molecule has 126 valence electrons. The Hall–Kier alpha value is -0.110. The fourth-order valence-electron chi connectivity index (χ4n) is 2.84. The Labute approximate surface area is 139 Å². The summed E-state index contributed by atoms with van der Waals surface area (Å²) in [5.74, 6) is 0.00785. The highest BCUT2D eigenvalue weighted by Crippen LogP contribution is 2.16. The van der Waals surface area contributed by atoms with Crippen LogP contribution >= 0.6 is 24.8 Å². The van der Waals surface area contributed by atoms with E-state index in [1.165, 1.54) is 0 Å². The number of carbonyl (C=O) groups excluding carboxylic acids is 1. The number of nitrogens with two attached hydrogens (primary N) is 1. The number of carbonyl (C=O) groups is 1. The van der Waals surface area contributed by atoms with E-state index in [-0.39, 0.29) is 30.7 Å². The molecule has 2 aliphatic rings. The summed E-state index contributed by atoms with van der Waals surface area (Å²) in [6.45, 7) is 5.44. The van der Waals surface area contributed by atoms with Crippen LogP contribution in [-0.2, 0) is 14.3 Å². The molecule has 0 aromatic heterocycles. The quantitative estimate of drug-likeness (QED) is 0.785. The van der Waals surface area contributed by atoms with Gasteiger partial charge < -0.3 is 20.1 Å². The van der Waals surface area contributed by atoms with Crippen LogP contribution in [0.3, 0.4) is 0 Å². The molecule has 2 rings (SSSR count). The van der Waals surface area contributed by atoms with E-state index in [0.717, 1.165) is 52.2 Å². The number of nitrogens with zero attached hydrogens (tertiary/aromatic N) is 2. The zero-order chi connectivity index (χ0) is 13.7. The van der Waals surface area contributed by atoms with E-state index in [4.69, 9.17) is 15.2 Å². The Balaban J connectivity index is 0.00000200. The number of piperazine rings is 1. The highest BCUT2D eigenvalue weighted by atomic mass is 35.5. The molecule has 1 atom stereocenters. The molecule has 0 bridgehead atoms. The number of methoxy groups -OCH3 is 1. The third-order valence-electron chi connectivity index (χ3n) is 4.00. The van der Waals surface area contributed by atoms with Gasteiger partial charge in [0.05, 0.1) is 6.61 Å². The Morgan fingerprint density at radius 2 is 1.81 bits per heavy atom. The van der Waals surface area contributed by atoms with Crippen molar-refractivity contribution in [1.82, 2.24) is 9.80 Å². The van der Waals surface area contributed by atoms with Crippen molar-refractivity contribution in [3.05, 3.63) is 0 Å². The summed E-state index contributed by atoms with van der Waals surface area (Å²) in [7, 11) is 1.57. The molecule has 2 N–H and O–H groups in total. The molecule has 8 heteroatoms. The Kier molecular flexibility index (Phi) is 10.5. The van der Waals surface area contributed by atoms with Crippen LogP contribution in [0.1, 0.15) is 12.8 Å². The van der Waals surface area contributed by atoms with Crippen molar-refractivity contribution in [2.24, 2.45) is 5.73 Å². The van der Waals surface area contributed by atoms with Crippen LogP contribution in [0.2, 0.25) is 0 Å². The maximum Gasteiger partial charge on any atom is 0.241 e. The van der Waals surface area contributed by atoms with Gasteiger partial charge in [0, 0.05) is 52.5 Å². The number of halogens is 2. The van der Waals surface area contributed by atoms with Crippen LogP contribution in [0.25, 0.3) is 0 Å². The van der Waals surface area contributed by atoms with Gasteiger partial charge in [0.25, 0.3) is 0 Å². The lowest BCUT2D eigenvalue weighted by atomic mass is 10.1.